The van der Waals surface area contributed by atoms with Crippen molar-refractivity contribution in [3.05, 3.63) is 0 Å². The fraction of sp³-hybridized carbons (Fsp3) is 1.00. The second-order valence-corrected chi connectivity index (χ2v) is 3.29. The van der Waals surface area contributed by atoms with Gasteiger partial charge in [-0.2, -0.15) is 0 Å². The summed E-state index contributed by atoms with van der Waals surface area (Å²) in [5.74, 6) is 0.955. The smallest absolute Gasteiger partial charge is 0.0547 e. The topological polar surface area (TPSA) is 9.23 Å². The van der Waals surface area contributed by atoms with Crippen molar-refractivity contribution >= 4 is 0 Å². The highest BCUT2D eigenvalue weighted by atomic mass is 16.5. The third-order valence-electron chi connectivity index (χ3n) is 2.90. The maximum absolute atomic E-state index is 5.15. The fourth-order valence-electron chi connectivity index (χ4n) is 1.63. The number of rotatable bonds is 0. The largest absolute Gasteiger partial charge is 0.380 e. The molecule has 1 unspecified atom stereocenters. The van der Waals surface area contributed by atoms with Crippen molar-refractivity contribution in [1.82, 2.24) is 0 Å². The molecular weight excluding hydrogens is 124 g/mol. The molecule has 0 aromatic carbocycles. The molecule has 2 rings (SSSR count). The van der Waals surface area contributed by atoms with Gasteiger partial charge in [0.1, 0.15) is 0 Å². The van der Waals surface area contributed by atoms with E-state index < -0.39 is 0 Å². The second kappa shape index (κ2) is 2.91. The number of hydrogen-bond donors (Lipinski definition) is 0. The summed E-state index contributed by atoms with van der Waals surface area (Å²) in [6, 6.07) is 0. The van der Waals surface area contributed by atoms with E-state index in [1.54, 1.807) is 0 Å². The summed E-state index contributed by atoms with van der Waals surface area (Å²) < 4.78 is 5.15. The Morgan fingerprint density at radius 1 is 1.30 bits per heavy atom. The third kappa shape index (κ3) is 0.968. The Balaban J connectivity index is 0.000000231. The summed E-state index contributed by atoms with van der Waals surface area (Å²) in [4.78, 5) is 0. The quantitative estimate of drug-likeness (QED) is 0.505. The molecule has 0 bridgehead atoms. The second-order valence-electron chi connectivity index (χ2n) is 3.29. The Kier molecular flexibility index (Phi) is 2.35. The lowest BCUT2D eigenvalue weighted by Crippen LogP contribution is -2.53. The molecule has 1 atom stereocenters. The van der Waals surface area contributed by atoms with Crippen LogP contribution < -0.4 is 0 Å². The van der Waals surface area contributed by atoms with E-state index in [0.29, 0.717) is 5.41 Å². The van der Waals surface area contributed by atoms with Gasteiger partial charge < -0.3 is 4.74 Å². The van der Waals surface area contributed by atoms with Crippen molar-refractivity contribution in [3.63, 3.8) is 0 Å². The van der Waals surface area contributed by atoms with Gasteiger partial charge in [-0.05, 0) is 18.8 Å². The molecule has 1 aliphatic carbocycles. The van der Waals surface area contributed by atoms with Crippen LogP contribution in [-0.2, 0) is 4.74 Å². The van der Waals surface area contributed by atoms with E-state index in [2.05, 4.69) is 6.92 Å². The van der Waals surface area contributed by atoms with Gasteiger partial charge in [0.05, 0.1) is 13.2 Å². The maximum Gasteiger partial charge on any atom is 0.0547 e. The minimum absolute atomic E-state index is 0.681. The molecule has 1 saturated carbocycles. The Hall–Kier alpha value is -0.0400. The van der Waals surface area contributed by atoms with Gasteiger partial charge in [-0.15, -0.1) is 0 Å². The molecule has 1 heterocycles. The lowest BCUT2D eigenvalue weighted by Gasteiger charge is -2.54. The standard InChI is InChI=1S/C7H12O.C2H6/c1-6-2-3-7(6)4-8-5-7;1-2/h6H,2-5H2,1H3;1-2H3. The van der Waals surface area contributed by atoms with Crippen LogP contribution in [0.3, 0.4) is 0 Å². The molecule has 1 aliphatic heterocycles. The van der Waals surface area contributed by atoms with Crippen LogP contribution in [0.5, 0.6) is 0 Å². The zero-order chi connectivity index (χ0) is 7.61. The molecule has 0 aromatic heterocycles. The van der Waals surface area contributed by atoms with E-state index >= 15 is 0 Å². The normalized spacial score (nSPS) is 33.3. The van der Waals surface area contributed by atoms with Gasteiger partial charge in [-0.25, -0.2) is 0 Å². The summed E-state index contributed by atoms with van der Waals surface area (Å²) in [5.41, 5.74) is 0.681. The summed E-state index contributed by atoms with van der Waals surface area (Å²) in [6.07, 6.45) is 2.86. The van der Waals surface area contributed by atoms with Crippen LogP contribution >= 0.6 is 0 Å². The molecule has 1 spiro atoms. The van der Waals surface area contributed by atoms with E-state index in [-0.39, 0.29) is 0 Å². The highest BCUT2D eigenvalue weighted by Gasteiger charge is 2.49. The molecule has 2 fully saturated rings. The Labute approximate surface area is 63.8 Å². The van der Waals surface area contributed by atoms with Crippen molar-refractivity contribution in [1.29, 1.82) is 0 Å². The van der Waals surface area contributed by atoms with Gasteiger partial charge >= 0.3 is 0 Å². The fourth-order valence-corrected chi connectivity index (χ4v) is 1.63. The van der Waals surface area contributed by atoms with E-state index in [0.717, 1.165) is 19.1 Å². The molecule has 0 amide bonds. The van der Waals surface area contributed by atoms with E-state index in [9.17, 15) is 0 Å². The third-order valence-corrected chi connectivity index (χ3v) is 2.90. The molecule has 10 heavy (non-hydrogen) atoms. The first-order chi connectivity index (χ1) is 4.83. The van der Waals surface area contributed by atoms with Gasteiger partial charge in [-0.1, -0.05) is 20.8 Å². The summed E-state index contributed by atoms with van der Waals surface area (Å²) >= 11 is 0. The Bertz CT molecular complexity index is 99.8. The summed E-state index contributed by atoms with van der Waals surface area (Å²) in [6.45, 7) is 8.44. The average molecular weight is 142 g/mol. The minimum atomic E-state index is 0.681. The minimum Gasteiger partial charge on any atom is -0.380 e. The van der Waals surface area contributed by atoms with Crippen molar-refractivity contribution < 1.29 is 4.74 Å². The molecule has 0 aromatic rings. The van der Waals surface area contributed by atoms with Gasteiger partial charge in [0.2, 0.25) is 0 Å². The van der Waals surface area contributed by atoms with Crippen LogP contribution in [0.15, 0.2) is 0 Å². The molecule has 0 N–H and O–H groups in total. The van der Waals surface area contributed by atoms with Crippen LogP contribution in [0.2, 0.25) is 0 Å². The van der Waals surface area contributed by atoms with Crippen LogP contribution in [0, 0.1) is 11.3 Å². The molecule has 1 nitrogen and oxygen atoms in total. The first-order valence-corrected chi connectivity index (χ1v) is 4.41. The first-order valence-electron chi connectivity index (χ1n) is 4.41. The van der Waals surface area contributed by atoms with Gasteiger partial charge in [0.25, 0.3) is 0 Å². The van der Waals surface area contributed by atoms with E-state index in [1.165, 1.54) is 12.8 Å². The summed E-state index contributed by atoms with van der Waals surface area (Å²) in [5, 5.41) is 0. The van der Waals surface area contributed by atoms with Crippen LogP contribution in [0.4, 0.5) is 0 Å². The highest BCUT2D eigenvalue weighted by Crippen LogP contribution is 2.51. The van der Waals surface area contributed by atoms with Crippen molar-refractivity contribution in [2.24, 2.45) is 11.3 Å². The molecule has 1 heteroatoms. The number of hydrogen-bond acceptors (Lipinski definition) is 1. The van der Waals surface area contributed by atoms with Gasteiger partial charge in [0.15, 0.2) is 0 Å². The molecule has 60 valence electrons. The Morgan fingerprint density at radius 2 is 1.90 bits per heavy atom. The van der Waals surface area contributed by atoms with Crippen LogP contribution in [0.1, 0.15) is 33.6 Å². The predicted octanol–water partition coefficient (Wildman–Crippen LogP) is 2.46. The van der Waals surface area contributed by atoms with Crippen molar-refractivity contribution in [2.75, 3.05) is 13.2 Å². The van der Waals surface area contributed by atoms with E-state index in [1.807, 2.05) is 13.8 Å². The number of ether oxygens (including phenoxy) is 1. The van der Waals surface area contributed by atoms with Gasteiger partial charge in [-0.3, -0.25) is 0 Å². The maximum atomic E-state index is 5.15. The summed E-state index contributed by atoms with van der Waals surface area (Å²) in [7, 11) is 0. The van der Waals surface area contributed by atoms with Crippen LogP contribution in [0.25, 0.3) is 0 Å². The first kappa shape index (κ1) is 8.06. The molecule has 0 radical (unpaired) electrons. The molecular formula is C9H18O. The Morgan fingerprint density at radius 3 is 1.90 bits per heavy atom. The SMILES string of the molecule is CC.CC1CCC12COC2. The average Bonchev–Trinajstić information content (AvgIpc) is 1.86. The van der Waals surface area contributed by atoms with E-state index in [4.69, 9.17) is 4.74 Å². The van der Waals surface area contributed by atoms with Crippen molar-refractivity contribution in [2.45, 2.75) is 33.6 Å². The highest BCUT2D eigenvalue weighted by molar-refractivity contribution is 4.97. The zero-order valence-electron chi connectivity index (χ0n) is 7.31. The van der Waals surface area contributed by atoms with Gasteiger partial charge in [0, 0.05) is 5.41 Å². The molecule has 2 aliphatic rings. The van der Waals surface area contributed by atoms with Crippen LogP contribution in [-0.4, -0.2) is 13.2 Å². The lowest BCUT2D eigenvalue weighted by atomic mass is 9.60. The zero-order valence-corrected chi connectivity index (χ0v) is 7.31. The molecule has 1 saturated heterocycles. The monoisotopic (exact) mass is 142 g/mol. The lowest BCUT2D eigenvalue weighted by molar-refractivity contribution is -0.189. The predicted molar refractivity (Wildman–Crippen MR) is 43.0 cm³/mol. The van der Waals surface area contributed by atoms with Crippen molar-refractivity contribution in [3.8, 4) is 0 Å².